The van der Waals surface area contributed by atoms with Crippen LogP contribution >= 0.6 is 0 Å². The Kier molecular flexibility index (Phi) is 4.04. The van der Waals surface area contributed by atoms with Crippen molar-refractivity contribution >= 4 is 11.7 Å². The van der Waals surface area contributed by atoms with Gasteiger partial charge in [0.1, 0.15) is 11.4 Å². The van der Waals surface area contributed by atoms with Crippen molar-refractivity contribution in [3.63, 3.8) is 0 Å². The summed E-state index contributed by atoms with van der Waals surface area (Å²) in [5.74, 6) is -1.54. The Morgan fingerprint density at radius 3 is 2.89 bits per heavy atom. The summed E-state index contributed by atoms with van der Waals surface area (Å²) < 4.78 is 13.6. The van der Waals surface area contributed by atoms with Gasteiger partial charge in [0.15, 0.2) is 0 Å². The number of carbonyl (C=O) groups is 1. The molecule has 104 valence electrons. The Morgan fingerprint density at radius 2 is 2.26 bits per heavy atom. The SMILES string of the molecule is CC1CN(C)CCC1Nc1cccc(F)c1C(=O)O. The van der Waals surface area contributed by atoms with Crippen molar-refractivity contribution in [2.75, 3.05) is 25.5 Å². The minimum absolute atomic E-state index is 0.177. The highest BCUT2D eigenvalue weighted by molar-refractivity contribution is 5.94. The van der Waals surface area contributed by atoms with Crippen LogP contribution in [0.2, 0.25) is 0 Å². The summed E-state index contributed by atoms with van der Waals surface area (Å²) in [4.78, 5) is 13.4. The number of halogens is 1. The van der Waals surface area contributed by atoms with E-state index in [0.717, 1.165) is 19.5 Å². The van der Waals surface area contributed by atoms with Gasteiger partial charge in [-0.25, -0.2) is 9.18 Å². The number of likely N-dealkylation sites (tertiary alicyclic amines) is 1. The summed E-state index contributed by atoms with van der Waals surface area (Å²) >= 11 is 0. The molecule has 1 heterocycles. The van der Waals surface area contributed by atoms with Gasteiger partial charge in [0.2, 0.25) is 0 Å². The number of hydrogen-bond donors (Lipinski definition) is 2. The molecule has 1 aromatic carbocycles. The van der Waals surface area contributed by atoms with Crippen LogP contribution in [0.3, 0.4) is 0 Å². The van der Waals surface area contributed by atoms with E-state index in [4.69, 9.17) is 5.11 Å². The molecule has 2 rings (SSSR count). The second-order valence-corrected chi connectivity index (χ2v) is 5.25. The molecule has 2 atom stereocenters. The Labute approximate surface area is 112 Å². The molecular formula is C14H19FN2O2. The van der Waals surface area contributed by atoms with E-state index in [0.29, 0.717) is 11.6 Å². The van der Waals surface area contributed by atoms with Crippen LogP contribution in [-0.4, -0.2) is 42.2 Å². The standard InChI is InChI=1S/C14H19FN2O2/c1-9-8-17(2)7-6-11(9)16-12-5-3-4-10(15)13(12)14(18)19/h3-5,9,11,16H,6-8H2,1-2H3,(H,18,19). The van der Waals surface area contributed by atoms with Gasteiger partial charge in [-0.2, -0.15) is 0 Å². The fourth-order valence-corrected chi connectivity index (χ4v) is 2.63. The predicted octanol–water partition coefficient (Wildman–Crippen LogP) is 2.28. The molecule has 1 saturated heterocycles. The van der Waals surface area contributed by atoms with Crippen molar-refractivity contribution < 1.29 is 14.3 Å². The van der Waals surface area contributed by atoms with Gasteiger partial charge in [-0.1, -0.05) is 13.0 Å². The maximum Gasteiger partial charge on any atom is 0.340 e. The van der Waals surface area contributed by atoms with Crippen LogP contribution in [0.4, 0.5) is 10.1 Å². The lowest BCUT2D eigenvalue weighted by Gasteiger charge is -2.36. The Balaban J connectivity index is 2.19. The molecule has 0 spiro atoms. The van der Waals surface area contributed by atoms with Crippen molar-refractivity contribution in [2.24, 2.45) is 5.92 Å². The van der Waals surface area contributed by atoms with Crippen LogP contribution in [0.25, 0.3) is 0 Å². The molecule has 1 aliphatic heterocycles. The molecule has 0 radical (unpaired) electrons. The number of benzene rings is 1. The summed E-state index contributed by atoms with van der Waals surface area (Å²) in [7, 11) is 2.07. The number of hydrogen-bond acceptors (Lipinski definition) is 3. The number of aromatic carboxylic acids is 1. The molecule has 1 aliphatic rings. The monoisotopic (exact) mass is 266 g/mol. The van der Waals surface area contributed by atoms with Gasteiger partial charge in [-0.05, 0) is 38.1 Å². The molecule has 2 unspecified atom stereocenters. The van der Waals surface area contributed by atoms with E-state index in [2.05, 4.69) is 24.2 Å². The summed E-state index contributed by atoms with van der Waals surface area (Å²) in [5, 5.41) is 12.3. The number of carboxylic acids is 1. The molecular weight excluding hydrogens is 247 g/mol. The maximum absolute atomic E-state index is 13.6. The first kappa shape index (κ1) is 13.8. The van der Waals surface area contributed by atoms with E-state index in [9.17, 15) is 9.18 Å². The highest BCUT2D eigenvalue weighted by Crippen LogP contribution is 2.24. The Hall–Kier alpha value is -1.62. The molecule has 4 nitrogen and oxygen atoms in total. The molecule has 1 aromatic rings. The molecule has 0 aromatic heterocycles. The highest BCUT2D eigenvalue weighted by atomic mass is 19.1. The first-order valence-corrected chi connectivity index (χ1v) is 6.46. The average molecular weight is 266 g/mol. The minimum Gasteiger partial charge on any atom is -0.478 e. The summed E-state index contributed by atoms with van der Waals surface area (Å²) in [6, 6.07) is 4.50. The van der Waals surface area contributed by atoms with Gasteiger partial charge >= 0.3 is 5.97 Å². The van der Waals surface area contributed by atoms with Crippen molar-refractivity contribution in [1.82, 2.24) is 4.90 Å². The number of anilines is 1. The van der Waals surface area contributed by atoms with Crippen molar-refractivity contribution in [3.8, 4) is 0 Å². The van der Waals surface area contributed by atoms with E-state index in [1.807, 2.05) is 0 Å². The smallest absolute Gasteiger partial charge is 0.340 e. The zero-order valence-electron chi connectivity index (χ0n) is 11.2. The molecule has 19 heavy (non-hydrogen) atoms. The van der Waals surface area contributed by atoms with Crippen LogP contribution in [0.5, 0.6) is 0 Å². The Morgan fingerprint density at radius 1 is 1.53 bits per heavy atom. The van der Waals surface area contributed by atoms with E-state index in [1.54, 1.807) is 6.07 Å². The summed E-state index contributed by atoms with van der Waals surface area (Å²) in [5.41, 5.74) is 0.0996. The maximum atomic E-state index is 13.6. The van der Waals surface area contributed by atoms with E-state index in [-0.39, 0.29) is 11.6 Å². The zero-order valence-corrected chi connectivity index (χ0v) is 11.2. The predicted molar refractivity (Wildman–Crippen MR) is 72.0 cm³/mol. The zero-order chi connectivity index (χ0) is 14.0. The lowest BCUT2D eigenvalue weighted by Crippen LogP contribution is -2.43. The number of piperidine rings is 1. The molecule has 2 N–H and O–H groups in total. The minimum atomic E-state index is -1.24. The highest BCUT2D eigenvalue weighted by Gasteiger charge is 2.26. The van der Waals surface area contributed by atoms with E-state index in [1.165, 1.54) is 12.1 Å². The van der Waals surface area contributed by atoms with Crippen LogP contribution in [0.1, 0.15) is 23.7 Å². The van der Waals surface area contributed by atoms with Crippen molar-refractivity contribution in [2.45, 2.75) is 19.4 Å². The fourth-order valence-electron chi connectivity index (χ4n) is 2.63. The van der Waals surface area contributed by atoms with Crippen LogP contribution < -0.4 is 5.32 Å². The molecule has 0 aliphatic carbocycles. The average Bonchev–Trinajstić information content (AvgIpc) is 2.32. The number of carboxylic acid groups (broad SMARTS) is 1. The first-order valence-electron chi connectivity index (χ1n) is 6.46. The van der Waals surface area contributed by atoms with Gasteiger partial charge in [0.05, 0.1) is 5.69 Å². The second kappa shape index (κ2) is 5.57. The van der Waals surface area contributed by atoms with Gasteiger partial charge in [-0.3, -0.25) is 0 Å². The molecule has 0 bridgehead atoms. The van der Waals surface area contributed by atoms with Crippen molar-refractivity contribution in [3.05, 3.63) is 29.6 Å². The normalized spacial score (nSPS) is 24.2. The second-order valence-electron chi connectivity index (χ2n) is 5.25. The van der Waals surface area contributed by atoms with Crippen molar-refractivity contribution in [1.29, 1.82) is 0 Å². The topological polar surface area (TPSA) is 52.6 Å². The number of nitrogens with zero attached hydrogens (tertiary/aromatic N) is 1. The summed E-state index contributed by atoms with van der Waals surface area (Å²) in [6.45, 7) is 4.03. The third-order valence-corrected chi connectivity index (χ3v) is 3.68. The van der Waals surface area contributed by atoms with Gasteiger partial charge in [0.25, 0.3) is 0 Å². The van der Waals surface area contributed by atoms with Crippen LogP contribution in [0, 0.1) is 11.7 Å². The number of rotatable bonds is 3. The van der Waals surface area contributed by atoms with Gasteiger partial charge < -0.3 is 15.3 Å². The van der Waals surface area contributed by atoms with E-state index >= 15 is 0 Å². The summed E-state index contributed by atoms with van der Waals surface area (Å²) in [6.07, 6.45) is 0.924. The molecule has 0 amide bonds. The first-order chi connectivity index (χ1) is 8.99. The van der Waals surface area contributed by atoms with Gasteiger partial charge in [-0.15, -0.1) is 0 Å². The lowest BCUT2D eigenvalue weighted by atomic mass is 9.93. The Bertz CT molecular complexity index is 479. The third kappa shape index (κ3) is 3.04. The van der Waals surface area contributed by atoms with Gasteiger partial charge in [0, 0.05) is 12.6 Å². The van der Waals surface area contributed by atoms with E-state index < -0.39 is 11.8 Å². The molecule has 5 heteroatoms. The third-order valence-electron chi connectivity index (χ3n) is 3.68. The lowest BCUT2D eigenvalue weighted by molar-refractivity contribution is 0.0693. The fraction of sp³-hybridized carbons (Fsp3) is 0.500. The molecule has 1 fully saturated rings. The van der Waals surface area contributed by atoms with Crippen LogP contribution in [-0.2, 0) is 0 Å². The van der Waals surface area contributed by atoms with Crippen LogP contribution in [0.15, 0.2) is 18.2 Å². The number of nitrogens with one attached hydrogen (secondary N) is 1. The largest absolute Gasteiger partial charge is 0.478 e. The quantitative estimate of drug-likeness (QED) is 0.881. The molecule has 0 saturated carbocycles.